The van der Waals surface area contributed by atoms with Crippen molar-refractivity contribution in [3.05, 3.63) is 34.1 Å². The summed E-state index contributed by atoms with van der Waals surface area (Å²) in [5, 5.41) is 8.74. The molecule has 0 bridgehead atoms. The first-order valence-electron chi connectivity index (χ1n) is 7.38. The van der Waals surface area contributed by atoms with E-state index in [1.807, 2.05) is 12.1 Å². The van der Waals surface area contributed by atoms with Gasteiger partial charge in [-0.3, -0.25) is 9.69 Å². The number of carbonyl (C=O) groups is 1. The SMILES string of the molecule is CC(c1ccc(F)c(Br)c1)N1CCC(CCC(=O)O)CC1. The van der Waals surface area contributed by atoms with Crippen molar-refractivity contribution in [1.29, 1.82) is 0 Å². The predicted molar refractivity (Wildman–Crippen MR) is 83.7 cm³/mol. The third-order valence-corrected chi connectivity index (χ3v) is 5.00. The first kappa shape index (κ1) is 16.4. The number of likely N-dealkylation sites (tertiary alicyclic amines) is 1. The Balaban J connectivity index is 1.89. The zero-order chi connectivity index (χ0) is 15.4. The van der Waals surface area contributed by atoms with Crippen molar-refractivity contribution >= 4 is 21.9 Å². The number of halogens is 2. The van der Waals surface area contributed by atoms with Gasteiger partial charge in [0, 0.05) is 12.5 Å². The van der Waals surface area contributed by atoms with Gasteiger partial charge in [0.15, 0.2) is 0 Å². The largest absolute Gasteiger partial charge is 0.481 e. The Bertz CT molecular complexity index is 501. The summed E-state index contributed by atoms with van der Waals surface area (Å²) in [6, 6.07) is 5.43. The number of benzene rings is 1. The summed E-state index contributed by atoms with van der Waals surface area (Å²) < 4.78 is 13.8. The lowest BCUT2D eigenvalue weighted by atomic mass is 9.91. The molecule has 0 amide bonds. The molecule has 0 aliphatic carbocycles. The van der Waals surface area contributed by atoms with Crippen molar-refractivity contribution < 1.29 is 14.3 Å². The highest BCUT2D eigenvalue weighted by Gasteiger charge is 2.24. The van der Waals surface area contributed by atoms with E-state index in [0.29, 0.717) is 10.4 Å². The third kappa shape index (κ3) is 4.51. The summed E-state index contributed by atoms with van der Waals surface area (Å²) in [6.07, 6.45) is 3.13. The van der Waals surface area contributed by atoms with E-state index in [-0.39, 0.29) is 18.3 Å². The minimum Gasteiger partial charge on any atom is -0.481 e. The lowest BCUT2D eigenvalue weighted by Gasteiger charge is -2.36. The van der Waals surface area contributed by atoms with Gasteiger partial charge in [0.2, 0.25) is 0 Å². The molecular formula is C16H21BrFNO2. The van der Waals surface area contributed by atoms with Crippen LogP contribution in [0.4, 0.5) is 4.39 Å². The number of carboxylic acid groups (broad SMARTS) is 1. The van der Waals surface area contributed by atoms with E-state index in [1.165, 1.54) is 6.07 Å². The minimum absolute atomic E-state index is 0.238. The van der Waals surface area contributed by atoms with E-state index in [9.17, 15) is 9.18 Å². The molecule has 1 aromatic rings. The topological polar surface area (TPSA) is 40.5 Å². The summed E-state index contributed by atoms with van der Waals surface area (Å²) in [4.78, 5) is 13.0. The van der Waals surface area contributed by atoms with Crippen molar-refractivity contribution in [2.45, 2.75) is 38.6 Å². The molecule has 3 nitrogen and oxygen atoms in total. The van der Waals surface area contributed by atoms with E-state index in [4.69, 9.17) is 5.11 Å². The lowest BCUT2D eigenvalue weighted by molar-refractivity contribution is -0.137. The molecule has 0 radical (unpaired) electrons. The summed E-state index contributed by atoms with van der Waals surface area (Å²) in [5.74, 6) is -0.426. The van der Waals surface area contributed by atoms with Gasteiger partial charge in [0.25, 0.3) is 0 Å². The number of hydrogen-bond donors (Lipinski definition) is 1. The van der Waals surface area contributed by atoms with E-state index in [0.717, 1.165) is 37.9 Å². The van der Waals surface area contributed by atoms with Gasteiger partial charge >= 0.3 is 5.97 Å². The van der Waals surface area contributed by atoms with Crippen LogP contribution < -0.4 is 0 Å². The van der Waals surface area contributed by atoms with Crippen LogP contribution in [0.3, 0.4) is 0 Å². The molecule has 5 heteroatoms. The maximum absolute atomic E-state index is 13.3. The Labute approximate surface area is 133 Å². The van der Waals surface area contributed by atoms with Crippen molar-refractivity contribution in [1.82, 2.24) is 4.90 Å². The molecule has 1 fully saturated rings. The number of carboxylic acids is 1. The van der Waals surface area contributed by atoms with Gasteiger partial charge in [-0.2, -0.15) is 0 Å². The Hall–Kier alpha value is -0.940. The van der Waals surface area contributed by atoms with Crippen molar-refractivity contribution in [2.75, 3.05) is 13.1 Å². The van der Waals surface area contributed by atoms with Crippen LogP contribution in [0.2, 0.25) is 0 Å². The second-order valence-corrected chi connectivity index (χ2v) is 6.62. The van der Waals surface area contributed by atoms with E-state index < -0.39 is 5.97 Å². The highest BCUT2D eigenvalue weighted by Crippen LogP contribution is 2.30. The molecule has 1 aromatic carbocycles. The summed E-state index contributed by atoms with van der Waals surface area (Å²) in [6.45, 7) is 4.08. The minimum atomic E-state index is -0.707. The maximum Gasteiger partial charge on any atom is 0.303 e. The molecule has 1 aliphatic heterocycles. The number of rotatable bonds is 5. The van der Waals surface area contributed by atoms with Crippen molar-refractivity contribution in [2.24, 2.45) is 5.92 Å². The highest BCUT2D eigenvalue weighted by molar-refractivity contribution is 9.10. The fourth-order valence-electron chi connectivity index (χ4n) is 2.94. The van der Waals surface area contributed by atoms with Crippen LogP contribution in [0.5, 0.6) is 0 Å². The van der Waals surface area contributed by atoms with Gasteiger partial charge in [-0.05, 0) is 78.8 Å². The Morgan fingerprint density at radius 1 is 1.48 bits per heavy atom. The third-order valence-electron chi connectivity index (χ3n) is 4.39. The lowest BCUT2D eigenvalue weighted by Crippen LogP contribution is -2.35. The van der Waals surface area contributed by atoms with Crippen molar-refractivity contribution in [3.63, 3.8) is 0 Å². The summed E-state index contributed by atoms with van der Waals surface area (Å²) in [5.41, 5.74) is 1.10. The van der Waals surface area contributed by atoms with Crippen LogP contribution in [0.1, 0.15) is 44.2 Å². The van der Waals surface area contributed by atoms with Crippen LogP contribution in [0.25, 0.3) is 0 Å². The zero-order valence-corrected chi connectivity index (χ0v) is 13.8. The van der Waals surface area contributed by atoms with Gasteiger partial charge in [-0.15, -0.1) is 0 Å². The quantitative estimate of drug-likeness (QED) is 0.857. The Kier molecular flexibility index (Phi) is 5.76. The molecule has 1 atom stereocenters. The number of nitrogens with zero attached hydrogens (tertiary/aromatic N) is 1. The summed E-state index contributed by atoms with van der Waals surface area (Å²) >= 11 is 3.23. The van der Waals surface area contributed by atoms with E-state index in [1.54, 1.807) is 0 Å². The fraction of sp³-hybridized carbons (Fsp3) is 0.562. The highest BCUT2D eigenvalue weighted by atomic mass is 79.9. The molecule has 2 rings (SSSR count). The normalized spacial score (nSPS) is 18.6. The van der Waals surface area contributed by atoms with Gasteiger partial charge < -0.3 is 5.11 Å². The van der Waals surface area contributed by atoms with Gasteiger partial charge in [-0.1, -0.05) is 6.07 Å². The second kappa shape index (κ2) is 7.36. The van der Waals surface area contributed by atoms with Gasteiger partial charge in [0.05, 0.1) is 4.47 Å². The van der Waals surface area contributed by atoms with E-state index in [2.05, 4.69) is 27.8 Å². The predicted octanol–water partition coefficient (Wildman–Crippen LogP) is 4.23. The maximum atomic E-state index is 13.3. The number of piperidine rings is 1. The molecule has 1 heterocycles. The fourth-order valence-corrected chi connectivity index (χ4v) is 3.34. The van der Waals surface area contributed by atoms with E-state index >= 15 is 0 Å². The Morgan fingerprint density at radius 3 is 2.71 bits per heavy atom. The van der Waals surface area contributed by atoms with Gasteiger partial charge in [0.1, 0.15) is 5.82 Å². The second-order valence-electron chi connectivity index (χ2n) is 5.76. The molecule has 1 N–H and O–H groups in total. The first-order valence-corrected chi connectivity index (χ1v) is 8.17. The van der Waals surface area contributed by atoms with Gasteiger partial charge in [-0.25, -0.2) is 4.39 Å². The van der Waals surface area contributed by atoms with Crippen molar-refractivity contribution in [3.8, 4) is 0 Å². The standard InChI is InChI=1S/C16H21BrFNO2/c1-11(13-3-4-15(18)14(17)10-13)19-8-6-12(7-9-19)2-5-16(20)21/h3-4,10-12H,2,5-9H2,1H3,(H,20,21). The molecular weight excluding hydrogens is 337 g/mol. The van der Waals surface area contributed by atoms with Crippen LogP contribution in [-0.4, -0.2) is 29.1 Å². The number of aliphatic carboxylic acids is 1. The average molecular weight is 358 g/mol. The molecule has 0 aromatic heterocycles. The molecule has 21 heavy (non-hydrogen) atoms. The smallest absolute Gasteiger partial charge is 0.303 e. The molecule has 1 unspecified atom stereocenters. The molecule has 1 saturated heterocycles. The number of hydrogen-bond acceptors (Lipinski definition) is 2. The van der Waals surface area contributed by atoms with Crippen LogP contribution in [0, 0.1) is 11.7 Å². The molecule has 116 valence electrons. The average Bonchev–Trinajstić information content (AvgIpc) is 2.48. The van der Waals surface area contributed by atoms with Crippen LogP contribution in [-0.2, 0) is 4.79 Å². The Morgan fingerprint density at radius 2 is 2.14 bits per heavy atom. The van der Waals surface area contributed by atoms with Crippen LogP contribution >= 0.6 is 15.9 Å². The van der Waals surface area contributed by atoms with Crippen LogP contribution in [0.15, 0.2) is 22.7 Å². The summed E-state index contributed by atoms with van der Waals surface area (Å²) in [7, 11) is 0. The first-order chi connectivity index (χ1) is 9.97. The molecule has 0 spiro atoms. The zero-order valence-electron chi connectivity index (χ0n) is 12.2. The monoisotopic (exact) mass is 357 g/mol. The molecule has 0 saturated carbocycles. The molecule has 1 aliphatic rings.